The Morgan fingerprint density at radius 2 is 2.38 bits per heavy atom. The van der Waals surface area contributed by atoms with Crippen LogP contribution in [0.1, 0.15) is 17.7 Å². The van der Waals surface area contributed by atoms with Gasteiger partial charge in [-0.05, 0) is 13.3 Å². The van der Waals surface area contributed by atoms with Gasteiger partial charge >= 0.3 is 0 Å². The van der Waals surface area contributed by atoms with Crippen molar-refractivity contribution >= 4 is 18.2 Å². The lowest BCUT2D eigenvalue weighted by atomic mass is 10.1. The van der Waals surface area contributed by atoms with Gasteiger partial charge in [-0.15, -0.1) is 0 Å². The molecule has 1 aromatic rings. The van der Waals surface area contributed by atoms with Crippen molar-refractivity contribution in [3.05, 3.63) is 15.9 Å². The van der Waals surface area contributed by atoms with Crippen LogP contribution in [-0.2, 0) is 6.42 Å². The normalized spacial score (nSPS) is 9.54. The Labute approximate surface area is 81.4 Å². The first-order chi connectivity index (χ1) is 6.15. The molecule has 13 heavy (non-hydrogen) atoms. The number of nitrogens with two attached hydrogens (primary N) is 1. The van der Waals surface area contributed by atoms with Crippen molar-refractivity contribution in [3.63, 3.8) is 0 Å². The van der Waals surface area contributed by atoms with Crippen molar-refractivity contribution in [3.8, 4) is 6.07 Å². The van der Waals surface area contributed by atoms with E-state index in [9.17, 15) is 0 Å². The predicted molar refractivity (Wildman–Crippen MR) is 52.5 cm³/mol. The zero-order valence-corrected chi connectivity index (χ0v) is 8.11. The predicted octanol–water partition coefficient (Wildman–Crippen LogP) is 1.49. The molecular formula is C8H10N4S. The van der Waals surface area contributed by atoms with Gasteiger partial charge in [0.2, 0.25) is 0 Å². The number of aromatic nitrogens is 2. The molecule has 0 unspecified atom stereocenters. The van der Waals surface area contributed by atoms with Gasteiger partial charge in [-0.3, -0.25) is 0 Å². The van der Waals surface area contributed by atoms with Crippen LogP contribution in [0.15, 0.2) is 0 Å². The van der Waals surface area contributed by atoms with Gasteiger partial charge in [0, 0.05) is 17.7 Å². The highest BCUT2D eigenvalue weighted by atomic mass is 32.1. The van der Waals surface area contributed by atoms with Crippen LogP contribution in [0.2, 0.25) is 0 Å². The largest absolute Gasteiger partial charge is 0.369 e. The fraction of sp³-hybridized carbons (Fsp3) is 0.375. The summed E-state index contributed by atoms with van der Waals surface area (Å²) < 4.78 is 0.490. The Morgan fingerprint density at radius 1 is 1.69 bits per heavy atom. The van der Waals surface area contributed by atoms with Gasteiger partial charge in [0.25, 0.3) is 0 Å². The zero-order valence-electron chi connectivity index (χ0n) is 7.29. The second kappa shape index (κ2) is 4.01. The molecule has 1 rings (SSSR count). The average Bonchev–Trinajstić information content (AvgIpc) is 2.02. The van der Waals surface area contributed by atoms with E-state index in [4.69, 9.17) is 23.2 Å². The fourth-order valence-corrected chi connectivity index (χ4v) is 1.46. The minimum atomic E-state index is 0.322. The Balaban J connectivity index is 3.08. The molecule has 1 heterocycles. The molecule has 68 valence electrons. The molecule has 0 aliphatic rings. The zero-order chi connectivity index (χ0) is 9.84. The van der Waals surface area contributed by atoms with Crippen molar-refractivity contribution in [2.24, 2.45) is 0 Å². The van der Waals surface area contributed by atoms with E-state index < -0.39 is 0 Å². The minimum Gasteiger partial charge on any atom is -0.369 e. The van der Waals surface area contributed by atoms with Crippen molar-refractivity contribution in [1.82, 2.24) is 9.97 Å². The van der Waals surface area contributed by atoms with E-state index >= 15 is 0 Å². The molecule has 1 aromatic heterocycles. The van der Waals surface area contributed by atoms with Gasteiger partial charge in [0.05, 0.1) is 6.07 Å². The number of nitrogens with one attached hydrogen (secondary N) is 1. The lowest BCUT2D eigenvalue weighted by Crippen LogP contribution is -2.02. The van der Waals surface area contributed by atoms with Crippen molar-refractivity contribution < 1.29 is 0 Å². The van der Waals surface area contributed by atoms with E-state index in [0.717, 1.165) is 11.3 Å². The first kappa shape index (κ1) is 9.68. The number of aryl methyl sites for hydroxylation is 1. The lowest BCUT2D eigenvalue weighted by molar-refractivity contribution is 0.938. The molecule has 0 saturated carbocycles. The lowest BCUT2D eigenvalue weighted by Gasteiger charge is -2.03. The van der Waals surface area contributed by atoms with Crippen LogP contribution in [0.3, 0.4) is 0 Å². The van der Waals surface area contributed by atoms with E-state index in [1.165, 1.54) is 0 Å². The molecule has 4 nitrogen and oxygen atoms in total. The number of nitrogens with zero attached hydrogens (tertiary/aromatic N) is 2. The number of hydrogen-bond donors (Lipinski definition) is 2. The first-order valence-electron chi connectivity index (χ1n) is 3.87. The van der Waals surface area contributed by atoms with Crippen LogP contribution in [0, 0.1) is 22.9 Å². The average molecular weight is 194 g/mol. The molecule has 5 heteroatoms. The van der Waals surface area contributed by atoms with Crippen molar-refractivity contribution in [2.75, 3.05) is 5.73 Å². The van der Waals surface area contributed by atoms with Gasteiger partial charge in [0.15, 0.2) is 5.95 Å². The van der Waals surface area contributed by atoms with E-state index in [1.807, 2.05) is 6.92 Å². The maximum Gasteiger partial charge on any atom is 0.198 e. The molecular weight excluding hydrogens is 184 g/mol. The molecule has 0 bridgehead atoms. The second-order valence-electron chi connectivity index (χ2n) is 2.69. The molecule has 3 N–H and O–H groups in total. The Bertz CT molecular complexity index is 402. The molecule has 0 aliphatic heterocycles. The van der Waals surface area contributed by atoms with Gasteiger partial charge in [0.1, 0.15) is 4.64 Å². The van der Waals surface area contributed by atoms with Gasteiger partial charge in [-0.1, -0.05) is 12.2 Å². The van der Waals surface area contributed by atoms with Crippen LogP contribution in [-0.4, -0.2) is 9.97 Å². The van der Waals surface area contributed by atoms with Crippen LogP contribution < -0.4 is 5.73 Å². The molecule has 0 radical (unpaired) electrons. The van der Waals surface area contributed by atoms with E-state index in [2.05, 4.69) is 16.0 Å². The summed E-state index contributed by atoms with van der Waals surface area (Å²) in [5.41, 5.74) is 7.26. The number of anilines is 1. The summed E-state index contributed by atoms with van der Waals surface area (Å²) in [6.45, 7) is 1.88. The highest BCUT2D eigenvalue weighted by molar-refractivity contribution is 7.71. The number of nitrogen functional groups attached to an aromatic ring is 1. The van der Waals surface area contributed by atoms with Crippen LogP contribution in [0.25, 0.3) is 0 Å². The standard InChI is InChI=1S/C8H10N4S/c1-5-6(3-2-4-9)7(13)12-8(10)11-5/h2-3H2,1H3,(H3,10,11,12,13). The van der Waals surface area contributed by atoms with E-state index in [1.54, 1.807) is 0 Å². The molecule has 0 spiro atoms. The molecule has 0 amide bonds. The molecule has 0 aromatic carbocycles. The van der Waals surface area contributed by atoms with Gasteiger partial charge in [-0.2, -0.15) is 5.26 Å². The molecule has 0 aliphatic carbocycles. The number of rotatable bonds is 2. The Morgan fingerprint density at radius 3 is 2.92 bits per heavy atom. The molecule has 0 atom stereocenters. The summed E-state index contributed by atoms with van der Waals surface area (Å²) in [7, 11) is 0. The summed E-state index contributed by atoms with van der Waals surface area (Å²) in [4.78, 5) is 6.79. The third kappa shape index (κ3) is 2.26. The summed E-state index contributed by atoms with van der Waals surface area (Å²) in [5.74, 6) is 0.322. The molecule has 0 saturated heterocycles. The topological polar surface area (TPSA) is 78.5 Å². The number of hydrogen-bond acceptors (Lipinski definition) is 4. The highest BCUT2D eigenvalue weighted by Gasteiger charge is 2.02. The smallest absolute Gasteiger partial charge is 0.198 e. The van der Waals surface area contributed by atoms with E-state index in [0.29, 0.717) is 23.4 Å². The maximum atomic E-state index is 8.42. The van der Waals surface area contributed by atoms with Gasteiger partial charge in [-0.25, -0.2) is 4.98 Å². The number of aromatic amines is 1. The van der Waals surface area contributed by atoms with Crippen LogP contribution >= 0.6 is 12.2 Å². The fourth-order valence-electron chi connectivity index (χ4n) is 1.11. The summed E-state index contributed by atoms with van der Waals surface area (Å²) in [6.07, 6.45) is 1.08. The number of nitriles is 1. The van der Waals surface area contributed by atoms with Crippen molar-refractivity contribution in [1.29, 1.82) is 5.26 Å². The first-order valence-corrected chi connectivity index (χ1v) is 4.28. The highest BCUT2D eigenvalue weighted by Crippen LogP contribution is 2.09. The van der Waals surface area contributed by atoms with Crippen LogP contribution in [0.4, 0.5) is 5.95 Å². The Kier molecular flexibility index (Phi) is 2.98. The summed E-state index contributed by atoms with van der Waals surface area (Å²) in [5, 5.41) is 8.42. The maximum absolute atomic E-state index is 8.42. The minimum absolute atomic E-state index is 0.322. The summed E-state index contributed by atoms with van der Waals surface area (Å²) >= 11 is 5.02. The summed E-state index contributed by atoms with van der Waals surface area (Å²) in [6, 6.07) is 2.07. The third-order valence-electron chi connectivity index (χ3n) is 1.74. The van der Waals surface area contributed by atoms with Gasteiger partial charge < -0.3 is 10.7 Å². The third-order valence-corrected chi connectivity index (χ3v) is 2.07. The Hall–Kier alpha value is -1.41. The van der Waals surface area contributed by atoms with Crippen molar-refractivity contribution in [2.45, 2.75) is 19.8 Å². The second-order valence-corrected chi connectivity index (χ2v) is 3.08. The molecule has 0 fully saturated rings. The van der Waals surface area contributed by atoms with E-state index in [-0.39, 0.29) is 0 Å². The SMILES string of the molecule is Cc1[nH]c(N)nc(=S)c1CCC#N. The van der Waals surface area contributed by atoms with Crippen LogP contribution in [0.5, 0.6) is 0 Å². The number of H-pyrrole nitrogens is 1. The quantitative estimate of drug-likeness (QED) is 0.699. The monoisotopic (exact) mass is 194 g/mol.